The lowest BCUT2D eigenvalue weighted by atomic mass is 9.99. The molecule has 1 aliphatic rings. The van der Waals surface area contributed by atoms with Gasteiger partial charge in [-0.3, -0.25) is 0 Å². The summed E-state index contributed by atoms with van der Waals surface area (Å²) in [7, 11) is -1.54. The van der Waals surface area contributed by atoms with E-state index >= 15 is 0 Å². The molecule has 112 valence electrons. The molecular weight excluding hydrogens is 274 g/mol. The average Bonchev–Trinajstić information content (AvgIpc) is 3.10. The van der Waals surface area contributed by atoms with E-state index < -0.39 is 20.5 Å². The average molecular weight is 297 g/mol. The quantitative estimate of drug-likeness (QED) is 0.863. The van der Waals surface area contributed by atoms with E-state index in [-0.39, 0.29) is 11.7 Å². The molecule has 20 heavy (non-hydrogen) atoms. The molecule has 2 rings (SSSR count). The highest BCUT2D eigenvalue weighted by atomic mass is 32.2. The van der Waals surface area contributed by atoms with E-state index in [4.69, 9.17) is 10.5 Å². The van der Waals surface area contributed by atoms with Crippen molar-refractivity contribution in [3.05, 3.63) is 35.4 Å². The van der Waals surface area contributed by atoms with E-state index in [0.29, 0.717) is 13.2 Å². The molecule has 1 fully saturated rings. The number of hydrogen-bond donors (Lipinski definition) is 1. The highest BCUT2D eigenvalue weighted by Crippen LogP contribution is 2.62. The normalized spacial score (nSPS) is 29.4. The van der Waals surface area contributed by atoms with E-state index in [9.17, 15) is 8.42 Å². The number of sulfone groups is 1. The van der Waals surface area contributed by atoms with Crippen molar-refractivity contribution >= 4 is 9.84 Å². The maximum atomic E-state index is 12.4. The molecule has 0 spiro atoms. The molecule has 0 aliphatic heterocycles. The minimum absolute atomic E-state index is 0.0574. The van der Waals surface area contributed by atoms with Crippen molar-refractivity contribution in [2.24, 2.45) is 11.1 Å². The molecule has 0 saturated heterocycles. The van der Waals surface area contributed by atoms with Gasteiger partial charge in [-0.05, 0) is 12.5 Å². The third-order valence-corrected chi connectivity index (χ3v) is 6.72. The van der Waals surface area contributed by atoms with Gasteiger partial charge in [0.1, 0.15) is 0 Å². The van der Waals surface area contributed by atoms with Gasteiger partial charge < -0.3 is 10.5 Å². The largest absolute Gasteiger partial charge is 0.384 e. The van der Waals surface area contributed by atoms with Gasteiger partial charge in [-0.25, -0.2) is 8.42 Å². The standard InChI is InChI=1S/C15H23NO3S/c1-4-20(17,18)14-13(15(14,9-16)10-19-3)12-7-5-11(2)6-8-12/h5-8,13-14H,4,9-10,16H2,1-3H3/t13-,14+,15-/m1/s1. The van der Waals surface area contributed by atoms with Gasteiger partial charge in [-0.15, -0.1) is 0 Å². The number of ether oxygens (including phenoxy) is 1. The van der Waals surface area contributed by atoms with E-state index in [0.717, 1.165) is 11.1 Å². The Hall–Kier alpha value is -0.910. The summed E-state index contributed by atoms with van der Waals surface area (Å²) in [6, 6.07) is 8.03. The van der Waals surface area contributed by atoms with Crippen LogP contribution in [0.3, 0.4) is 0 Å². The second kappa shape index (κ2) is 5.47. The zero-order valence-corrected chi connectivity index (χ0v) is 13.1. The van der Waals surface area contributed by atoms with Crippen molar-refractivity contribution in [1.29, 1.82) is 0 Å². The van der Waals surface area contributed by atoms with Crippen molar-refractivity contribution in [1.82, 2.24) is 0 Å². The molecule has 1 aromatic carbocycles. The lowest BCUT2D eigenvalue weighted by Crippen LogP contribution is -2.28. The van der Waals surface area contributed by atoms with Gasteiger partial charge >= 0.3 is 0 Å². The Morgan fingerprint density at radius 1 is 1.30 bits per heavy atom. The molecule has 0 unspecified atom stereocenters. The van der Waals surface area contributed by atoms with Gasteiger partial charge in [0.15, 0.2) is 9.84 Å². The van der Waals surface area contributed by atoms with Crippen LogP contribution in [0.2, 0.25) is 0 Å². The first-order chi connectivity index (χ1) is 9.43. The predicted octanol–water partition coefficient (Wildman–Crippen LogP) is 1.49. The molecule has 5 heteroatoms. The minimum Gasteiger partial charge on any atom is -0.384 e. The fraction of sp³-hybridized carbons (Fsp3) is 0.600. The SMILES string of the molecule is CCS(=O)(=O)[C@H]1[C@@H](c2ccc(C)cc2)[C@@]1(CN)COC. The summed E-state index contributed by atoms with van der Waals surface area (Å²) in [5.74, 6) is 0.0869. The first-order valence-electron chi connectivity index (χ1n) is 6.90. The highest BCUT2D eigenvalue weighted by Gasteiger charge is 2.69. The Morgan fingerprint density at radius 2 is 1.90 bits per heavy atom. The monoisotopic (exact) mass is 297 g/mol. The van der Waals surface area contributed by atoms with Crippen LogP contribution in [0.15, 0.2) is 24.3 Å². The Bertz CT molecular complexity index is 567. The highest BCUT2D eigenvalue weighted by molar-refractivity contribution is 7.92. The number of methoxy groups -OCH3 is 1. The molecule has 1 aliphatic carbocycles. The predicted molar refractivity (Wildman–Crippen MR) is 80.5 cm³/mol. The van der Waals surface area contributed by atoms with E-state index in [1.54, 1.807) is 14.0 Å². The molecule has 1 aromatic rings. The zero-order chi connectivity index (χ0) is 15.0. The fourth-order valence-corrected chi connectivity index (χ4v) is 5.37. The number of aryl methyl sites for hydroxylation is 1. The summed E-state index contributed by atoms with van der Waals surface area (Å²) in [5, 5.41) is -0.423. The van der Waals surface area contributed by atoms with Gasteiger partial charge in [0.05, 0.1) is 11.9 Å². The van der Waals surface area contributed by atoms with Crippen LogP contribution in [0.25, 0.3) is 0 Å². The van der Waals surface area contributed by atoms with Gasteiger partial charge in [-0.2, -0.15) is 0 Å². The second-order valence-electron chi connectivity index (χ2n) is 5.63. The lowest BCUT2D eigenvalue weighted by Gasteiger charge is -2.14. The molecule has 0 heterocycles. The Balaban J connectivity index is 2.42. The van der Waals surface area contributed by atoms with Crippen molar-refractivity contribution < 1.29 is 13.2 Å². The van der Waals surface area contributed by atoms with Crippen LogP contribution in [0.1, 0.15) is 24.0 Å². The third-order valence-electron chi connectivity index (χ3n) is 4.40. The van der Waals surface area contributed by atoms with Crippen LogP contribution in [0, 0.1) is 12.3 Å². The summed E-state index contributed by atoms with van der Waals surface area (Å²) in [6.07, 6.45) is 0. The van der Waals surface area contributed by atoms with Crippen LogP contribution in [-0.4, -0.2) is 39.7 Å². The molecule has 0 bridgehead atoms. The molecule has 2 N–H and O–H groups in total. The number of benzene rings is 1. The first kappa shape index (κ1) is 15.5. The summed E-state index contributed by atoms with van der Waals surface area (Å²) in [6.45, 7) is 4.41. The van der Waals surface area contributed by atoms with Crippen molar-refractivity contribution in [3.63, 3.8) is 0 Å². The maximum Gasteiger partial charge on any atom is 0.154 e. The van der Waals surface area contributed by atoms with Crippen LogP contribution >= 0.6 is 0 Å². The van der Waals surface area contributed by atoms with Crippen LogP contribution in [0.4, 0.5) is 0 Å². The molecule has 4 nitrogen and oxygen atoms in total. The third kappa shape index (κ3) is 2.38. The Labute approximate surface area is 121 Å². The van der Waals surface area contributed by atoms with Crippen LogP contribution < -0.4 is 5.73 Å². The maximum absolute atomic E-state index is 12.4. The summed E-state index contributed by atoms with van der Waals surface area (Å²) in [5.41, 5.74) is 7.64. The molecule has 0 radical (unpaired) electrons. The van der Waals surface area contributed by atoms with E-state index in [1.165, 1.54) is 0 Å². The van der Waals surface area contributed by atoms with Gasteiger partial charge in [0.2, 0.25) is 0 Å². The second-order valence-corrected chi connectivity index (χ2v) is 8.04. The summed E-state index contributed by atoms with van der Waals surface area (Å²) < 4.78 is 30.0. The molecular formula is C15H23NO3S. The topological polar surface area (TPSA) is 69.4 Å². The fourth-order valence-electron chi connectivity index (χ4n) is 3.22. The molecule has 0 aromatic heterocycles. The number of hydrogen-bond acceptors (Lipinski definition) is 4. The number of nitrogens with two attached hydrogens (primary N) is 1. The minimum atomic E-state index is -3.13. The van der Waals surface area contributed by atoms with Gasteiger partial charge in [0.25, 0.3) is 0 Å². The Kier molecular flexibility index (Phi) is 4.23. The smallest absolute Gasteiger partial charge is 0.154 e. The van der Waals surface area contributed by atoms with Crippen molar-refractivity contribution in [2.45, 2.75) is 25.0 Å². The van der Waals surface area contributed by atoms with Crippen molar-refractivity contribution in [3.8, 4) is 0 Å². The molecule has 1 saturated carbocycles. The first-order valence-corrected chi connectivity index (χ1v) is 8.61. The van der Waals surface area contributed by atoms with E-state index in [1.807, 2.05) is 31.2 Å². The van der Waals surface area contributed by atoms with Crippen molar-refractivity contribution in [2.75, 3.05) is 26.0 Å². The van der Waals surface area contributed by atoms with Crippen LogP contribution in [0.5, 0.6) is 0 Å². The molecule has 3 atom stereocenters. The van der Waals surface area contributed by atoms with Gasteiger partial charge in [-0.1, -0.05) is 36.8 Å². The zero-order valence-electron chi connectivity index (χ0n) is 12.3. The van der Waals surface area contributed by atoms with E-state index in [2.05, 4.69) is 0 Å². The summed E-state index contributed by atoms with van der Waals surface area (Å²) >= 11 is 0. The van der Waals surface area contributed by atoms with Gasteiger partial charge in [0, 0.05) is 30.7 Å². The number of rotatable bonds is 6. The Morgan fingerprint density at radius 3 is 2.35 bits per heavy atom. The van der Waals surface area contributed by atoms with Crippen LogP contribution in [-0.2, 0) is 14.6 Å². The summed E-state index contributed by atoms with van der Waals surface area (Å²) in [4.78, 5) is 0. The molecule has 0 amide bonds. The lowest BCUT2D eigenvalue weighted by molar-refractivity contribution is 0.142.